The van der Waals surface area contributed by atoms with Gasteiger partial charge in [-0.3, -0.25) is 9.59 Å². The lowest BCUT2D eigenvalue weighted by molar-refractivity contribution is -0.149. The molecule has 152 valence electrons. The summed E-state index contributed by atoms with van der Waals surface area (Å²) < 4.78 is 10.3. The van der Waals surface area contributed by atoms with E-state index in [1.54, 1.807) is 23.0 Å². The Balaban J connectivity index is 1.50. The van der Waals surface area contributed by atoms with Gasteiger partial charge in [0.2, 0.25) is 5.91 Å². The zero-order chi connectivity index (χ0) is 20.8. The second-order valence-electron chi connectivity index (χ2n) is 6.80. The van der Waals surface area contributed by atoms with Crippen molar-refractivity contribution < 1.29 is 23.9 Å². The first-order valence-corrected chi connectivity index (χ1v) is 9.42. The average molecular weight is 396 g/mol. The Bertz CT molecular complexity index is 945. The molecule has 2 aromatic rings. The fraction of sp³-hybridized carbons (Fsp3) is 0.318. The van der Waals surface area contributed by atoms with E-state index in [2.05, 4.69) is 0 Å². The van der Waals surface area contributed by atoms with Gasteiger partial charge in [0.05, 0.1) is 7.11 Å². The van der Waals surface area contributed by atoms with Crippen molar-refractivity contribution in [2.24, 2.45) is 0 Å². The molecule has 3 rings (SSSR count). The highest BCUT2D eigenvalue weighted by Gasteiger charge is 2.22. The van der Waals surface area contributed by atoms with Gasteiger partial charge in [0, 0.05) is 39.2 Å². The van der Waals surface area contributed by atoms with E-state index in [1.165, 1.54) is 13.0 Å². The first-order valence-electron chi connectivity index (χ1n) is 9.42. The highest BCUT2D eigenvalue weighted by Crippen LogP contribution is 2.22. The Morgan fingerprint density at radius 1 is 0.966 bits per heavy atom. The zero-order valence-electron chi connectivity index (χ0n) is 16.6. The Kier molecular flexibility index (Phi) is 6.49. The van der Waals surface area contributed by atoms with Crippen LogP contribution in [-0.4, -0.2) is 67.5 Å². The first-order chi connectivity index (χ1) is 14.0. The van der Waals surface area contributed by atoms with Crippen molar-refractivity contribution in [2.75, 3.05) is 39.9 Å². The molecule has 1 fully saturated rings. The summed E-state index contributed by atoms with van der Waals surface area (Å²) in [5, 5.41) is 2.07. The number of nitrogens with zero attached hydrogens (tertiary/aromatic N) is 2. The fourth-order valence-electron chi connectivity index (χ4n) is 3.18. The number of fused-ring (bicyclic) bond motifs is 1. The van der Waals surface area contributed by atoms with Crippen LogP contribution in [0.2, 0.25) is 0 Å². The molecule has 0 radical (unpaired) electrons. The molecule has 29 heavy (non-hydrogen) atoms. The molecule has 0 spiro atoms. The number of carbonyl (C=O) groups is 3. The van der Waals surface area contributed by atoms with Crippen molar-refractivity contribution in [3.63, 3.8) is 0 Å². The van der Waals surface area contributed by atoms with Crippen LogP contribution in [0.25, 0.3) is 16.8 Å². The quantitative estimate of drug-likeness (QED) is 0.571. The van der Waals surface area contributed by atoms with E-state index in [0.717, 1.165) is 22.1 Å². The first kappa shape index (κ1) is 20.4. The standard InChI is InChI=1S/C22H24N2O5/c1-16(25)23-9-11-24(12-10-23)21(26)15-29-22(27)8-4-17-3-5-19-14-20(28-2)7-6-18(19)13-17/h3-8,13-14H,9-12,15H2,1-2H3/b8-4+. The molecule has 7 nitrogen and oxygen atoms in total. The van der Waals surface area contributed by atoms with Crippen molar-refractivity contribution in [3.8, 4) is 5.75 Å². The van der Waals surface area contributed by atoms with Crippen LogP contribution >= 0.6 is 0 Å². The van der Waals surface area contributed by atoms with Gasteiger partial charge in [-0.25, -0.2) is 4.79 Å². The van der Waals surface area contributed by atoms with Crippen molar-refractivity contribution in [3.05, 3.63) is 48.0 Å². The number of carbonyl (C=O) groups excluding carboxylic acids is 3. The molecule has 0 unspecified atom stereocenters. The van der Waals surface area contributed by atoms with E-state index >= 15 is 0 Å². The van der Waals surface area contributed by atoms with E-state index in [0.29, 0.717) is 26.2 Å². The molecule has 2 aromatic carbocycles. The van der Waals surface area contributed by atoms with E-state index < -0.39 is 5.97 Å². The summed E-state index contributed by atoms with van der Waals surface area (Å²) in [6, 6.07) is 11.6. The van der Waals surface area contributed by atoms with Crippen molar-refractivity contribution in [1.29, 1.82) is 0 Å². The monoisotopic (exact) mass is 396 g/mol. The molecule has 0 bridgehead atoms. The lowest BCUT2D eigenvalue weighted by atomic mass is 10.1. The lowest BCUT2D eigenvalue weighted by Crippen LogP contribution is -2.51. The molecular formula is C22H24N2O5. The minimum absolute atomic E-state index is 0.00138. The molecule has 0 atom stereocenters. The van der Waals surface area contributed by atoms with E-state index in [4.69, 9.17) is 9.47 Å². The second-order valence-corrected chi connectivity index (χ2v) is 6.80. The van der Waals surface area contributed by atoms with Crippen LogP contribution in [0.3, 0.4) is 0 Å². The zero-order valence-corrected chi connectivity index (χ0v) is 16.6. The van der Waals surface area contributed by atoms with Gasteiger partial charge in [-0.15, -0.1) is 0 Å². The summed E-state index contributed by atoms with van der Waals surface area (Å²) in [7, 11) is 1.63. The summed E-state index contributed by atoms with van der Waals surface area (Å²) in [6.07, 6.45) is 2.97. The third-order valence-corrected chi connectivity index (χ3v) is 4.90. The van der Waals surface area contributed by atoms with Crippen LogP contribution in [0, 0.1) is 0 Å². The maximum Gasteiger partial charge on any atom is 0.331 e. The van der Waals surface area contributed by atoms with Crippen LogP contribution in [0.15, 0.2) is 42.5 Å². The van der Waals surface area contributed by atoms with Gasteiger partial charge in [0.25, 0.3) is 5.91 Å². The smallest absolute Gasteiger partial charge is 0.331 e. The number of ether oxygens (including phenoxy) is 2. The third-order valence-electron chi connectivity index (χ3n) is 4.90. The maximum atomic E-state index is 12.2. The van der Waals surface area contributed by atoms with Gasteiger partial charge in [0.15, 0.2) is 6.61 Å². The molecule has 1 aliphatic rings. The molecule has 0 N–H and O–H groups in total. The van der Waals surface area contributed by atoms with Gasteiger partial charge in [-0.2, -0.15) is 0 Å². The average Bonchev–Trinajstić information content (AvgIpc) is 2.75. The minimum Gasteiger partial charge on any atom is -0.497 e. The summed E-state index contributed by atoms with van der Waals surface area (Å²) in [6.45, 7) is 3.12. The number of piperazine rings is 1. The SMILES string of the molecule is COc1ccc2cc(/C=C/C(=O)OCC(=O)N3CCN(C(C)=O)CC3)ccc2c1. The normalized spacial score (nSPS) is 14.3. The summed E-state index contributed by atoms with van der Waals surface area (Å²) in [4.78, 5) is 38.7. The highest BCUT2D eigenvalue weighted by molar-refractivity contribution is 5.91. The molecule has 1 heterocycles. The predicted octanol–water partition coefficient (Wildman–Crippen LogP) is 2.10. The van der Waals surface area contributed by atoms with E-state index in [9.17, 15) is 14.4 Å². The van der Waals surface area contributed by atoms with E-state index in [-0.39, 0.29) is 18.4 Å². The highest BCUT2D eigenvalue weighted by atomic mass is 16.5. The number of methoxy groups -OCH3 is 1. The third kappa shape index (κ3) is 5.34. The van der Waals surface area contributed by atoms with Crippen LogP contribution < -0.4 is 4.74 Å². The Labute approximate surface area is 169 Å². The number of rotatable bonds is 5. The van der Waals surface area contributed by atoms with Gasteiger partial charge in [-0.1, -0.05) is 18.2 Å². The van der Waals surface area contributed by atoms with Crippen LogP contribution in [0.5, 0.6) is 5.75 Å². The van der Waals surface area contributed by atoms with Crippen LogP contribution in [0.4, 0.5) is 0 Å². The second kappa shape index (κ2) is 9.23. The van der Waals surface area contributed by atoms with Crippen molar-refractivity contribution >= 4 is 34.6 Å². The Hall–Kier alpha value is -3.35. The molecule has 7 heteroatoms. The van der Waals surface area contributed by atoms with Gasteiger partial charge < -0.3 is 19.3 Å². The van der Waals surface area contributed by atoms with Gasteiger partial charge in [0.1, 0.15) is 5.75 Å². The fourth-order valence-corrected chi connectivity index (χ4v) is 3.18. The molecular weight excluding hydrogens is 372 g/mol. The number of amides is 2. The number of hydrogen-bond acceptors (Lipinski definition) is 5. The van der Waals surface area contributed by atoms with Gasteiger partial charge >= 0.3 is 5.97 Å². The molecule has 0 saturated carbocycles. The topological polar surface area (TPSA) is 76.2 Å². The summed E-state index contributed by atoms with van der Waals surface area (Å²) in [5.74, 6) is -0.0385. The molecule has 1 aliphatic heterocycles. The van der Waals surface area contributed by atoms with Crippen LogP contribution in [0.1, 0.15) is 12.5 Å². The molecule has 0 aliphatic carbocycles. The Morgan fingerprint density at radius 2 is 1.62 bits per heavy atom. The molecule has 0 aromatic heterocycles. The predicted molar refractivity (Wildman–Crippen MR) is 109 cm³/mol. The Morgan fingerprint density at radius 3 is 2.31 bits per heavy atom. The largest absolute Gasteiger partial charge is 0.497 e. The minimum atomic E-state index is -0.574. The summed E-state index contributed by atoms with van der Waals surface area (Å²) in [5.41, 5.74) is 0.853. The molecule has 1 saturated heterocycles. The van der Waals surface area contributed by atoms with Crippen LogP contribution in [-0.2, 0) is 19.1 Å². The van der Waals surface area contributed by atoms with Crippen molar-refractivity contribution in [2.45, 2.75) is 6.92 Å². The number of hydrogen-bond donors (Lipinski definition) is 0. The molecule has 2 amide bonds. The van der Waals surface area contributed by atoms with Gasteiger partial charge in [-0.05, 0) is 40.6 Å². The number of esters is 1. The van der Waals surface area contributed by atoms with Crippen molar-refractivity contribution in [1.82, 2.24) is 9.80 Å². The van der Waals surface area contributed by atoms with E-state index in [1.807, 2.05) is 36.4 Å². The maximum absolute atomic E-state index is 12.2. The number of benzene rings is 2. The lowest BCUT2D eigenvalue weighted by Gasteiger charge is -2.34. The summed E-state index contributed by atoms with van der Waals surface area (Å²) >= 11 is 0.